The van der Waals surface area contributed by atoms with Crippen LogP contribution in [0.4, 0.5) is 0 Å². The fourth-order valence-corrected chi connectivity index (χ4v) is 3.34. The van der Waals surface area contributed by atoms with E-state index in [-0.39, 0.29) is 6.04 Å². The van der Waals surface area contributed by atoms with Gasteiger partial charge in [0.05, 0.1) is 6.04 Å². The zero-order valence-corrected chi connectivity index (χ0v) is 11.4. The van der Waals surface area contributed by atoms with Gasteiger partial charge in [0.2, 0.25) is 0 Å². The number of nitrogens with two attached hydrogens (primary N) is 1. The van der Waals surface area contributed by atoms with Crippen LogP contribution in [0.5, 0.6) is 0 Å². The summed E-state index contributed by atoms with van der Waals surface area (Å²) in [4.78, 5) is 0. The zero-order valence-electron chi connectivity index (χ0n) is 10.6. The number of rotatable bonds is 3. The number of aryl methyl sites for hydroxylation is 1. The quantitative estimate of drug-likeness (QED) is 0.662. The average Bonchev–Trinajstić information content (AvgIpc) is 2.86. The highest BCUT2D eigenvalue weighted by Crippen LogP contribution is 2.42. The summed E-state index contributed by atoms with van der Waals surface area (Å²) in [6.07, 6.45) is 2.23. The lowest BCUT2D eigenvalue weighted by Crippen LogP contribution is -2.32. The normalized spacial score (nSPS) is 19.2. The second-order valence-electron chi connectivity index (χ2n) is 5.01. The number of fused-ring (bicyclic) bond motifs is 1. The fraction of sp³-hybridized carbons (Fsp3) is 0.250. The first-order valence-electron chi connectivity index (χ1n) is 6.59. The molecule has 0 aliphatic heterocycles. The van der Waals surface area contributed by atoms with Crippen molar-refractivity contribution < 1.29 is 0 Å². The highest BCUT2D eigenvalue weighted by molar-refractivity contribution is 6.31. The van der Waals surface area contributed by atoms with Gasteiger partial charge in [0.15, 0.2) is 0 Å². The minimum atomic E-state index is 0.0670. The molecule has 2 atom stereocenters. The number of halogens is 1. The maximum absolute atomic E-state index is 6.31. The molecule has 0 radical (unpaired) electrons. The Morgan fingerprint density at radius 1 is 1.11 bits per heavy atom. The number of nitrogens with one attached hydrogen (secondary N) is 1. The lowest BCUT2D eigenvalue weighted by atomic mass is 9.88. The molecule has 2 unspecified atom stereocenters. The van der Waals surface area contributed by atoms with Crippen LogP contribution < -0.4 is 11.3 Å². The van der Waals surface area contributed by atoms with Crippen LogP contribution in [0.1, 0.15) is 35.1 Å². The van der Waals surface area contributed by atoms with Crippen molar-refractivity contribution in [3.05, 3.63) is 70.2 Å². The summed E-state index contributed by atoms with van der Waals surface area (Å²) in [5.74, 6) is 6.19. The molecular formula is C16H17ClN2. The maximum Gasteiger partial charge on any atom is 0.0543 e. The Bertz CT molecular complexity index is 582. The van der Waals surface area contributed by atoms with Gasteiger partial charge >= 0.3 is 0 Å². The van der Waals surface area contributed by atoms with Gasteiger partial charge in [-0.2, -0.15) is 0 Å². The van der Waals surface area contributed by atoms with Gasteiger partial charge in [0.25, 0.3) is 0 Å². The summed E-state index contributed by atoms with van der Waals surface area (Å²) in [6, 6.07) is 16.6. The predicted molar refractivity (Wildman–Crippen MR) is 79.0 cm³/mol. The van der Waals surface area contributed by atoms with Gasteiger partial charge in [-0.1, -0.05) is 54.1 Å². The summed E-state index contributed by atoms with van der Waals surface area (Å²) in [5, 5.41) is 0.773. The third-order valence-corrected chi connectivity index (χ3v) is 4.35. The van der Waals surface area contributed by atoms with Gasteiger partial charge in [0, 0.05) is 10.9 Å². The molecule has 2 aromatic rings. The third kappa shape index (κ3) is 2.27. The first kappa shape index (κ1) is 12.7. The number of hydrazine groups is 1. The van der Waals surface area contributed by atoms with Crippen LogP contribution in [0.3, 0.4) is 0 Å². The Hall–Kier alpha value is -1.35. The molecule has 2 aromatic carbocycles. The monoisotopic (exact) mass is 272 g/mol. The number of hydrogen-bond acceptors (Lipinski definition) is 2. The largest absolute Gasteiger partial charge is 0.271 e. The van der Waals surface area contributed by atoms with Crippen molar-refractivity contribution in [2.75, 3.05) is 0 Å². The molecule has 98 valence electrons. The topological polar surface area (TPSA) is 38.0 Å². The molecule has 3 rings (SSSR count). The minimum absolute atomic E-state index is 0.0670. The smallest absolute Gasteiger partial charge is 0.0543 e. The van der Waals surface area contributed by atoms with Crippen LogP contribution in [0, 0.1) is 0 Å². The van der Waals surface area contributed by atoms with Crippen molar-refractivity contribution in [1.82, 2.24) is 5.43 Å². The van der Waals surface area contributed by atoms with Gasteiger partial charge in [0.1, 0.15) is 0 Å². The van der Waals surface area contributed by atoms with Gasteiger partial charge in [-0.15, -0.1) is 0 Å². The highest BCUT2D eigenvalue weighted by atomic mass is 35.5. The molecule has 0 amide bonds. The molecule has 0 bridgehead atoms. The molecule has 2 nitrogen and oxygen atoms in total. The van der Waals surface area contributed by atoms with Crippen LogP contribution in [0.2, 0.25) is 5.02 Å². The van der Waals surface area contributed by atoms with Crippen LogP contribution in [-0.2, 0) is 6.42 Å². The molecule has 3 heteroatoms. The molecule has 0 spiro atoms. The lowest BCUT2D eigenvalue weighted by molar-refractivity contribution is 0.453. The van der Waals surface area contributed by atoms with Crippen LogP contribution in [0.25, 0.3) is 0 Å². The fourth-order valence-electron chi connectivity index (χ4n) is 3.09. The molecule has 1 aliphatic carbocycles. The first-order chi connectivity index (χ1) is 9.31. The van der Waals surface area contributed by atoms with Crippen molar-refractivity contribution in [3.8, 4) is 0 Å². The summed E-state index contributed by atoms with van der Waals surface area (Å²) in [6.45, 7) is 0. The Morgan fingerprint density at radius 2 is 1.84 bits per heavy atom. The van der Waals surface area contributed by atoms with E-state index in [1.54, 1.807) is 0 Å². The van der Waals surface area contributed by atoms with E-state index in [0.717, 1.165) is 23.4 Å². The van der Waals surface area contributed by atoms with Crippen molar-refractivity contribution in [2.45, 2.75) is 24.8 Å². The Kier molecular flexibility index (Phi) is 3.56. The minimum Gasteiger partial charge on any atom is -0.271 e. The van der Waals surface area contributed by atoms with E-state index in [4.69, 9.17) is 17.4 Å². The van der Waals surface area contributed by atoms with Crippen LogP contribution in [0.15, 0.2) is 48.5 Å². The molecule has 1 aliphatic rings. The SMILES string of the molecule is NNC(c1ccccc1Cl)C1CCc2ccccc21. The molecule has 0 saturated heterocycles. The van der Waals surface area contributed by atoms with Crippen LogP contribution >= 0.6 is 11.6 Å². The summed E-state index contributed by atoms with van der Waals surface area (Å²) in [7, 11) is 0. The first-order valence-corrected chi connectivity index (χ1v) is 6.97. The van der Waals surface area contributed by atoms with Crippen molar-refractivity contribution in [3.63, 3.8) is 0 Å². The van der Waals surface area contributed by atoms with E-state index in [9.17, 15) is 0 Å². The Morgan fingerprint density at radius 3 is 2.63 bits per heavy atom. The van der Waals surface area contributed by atoms with E-state index in [1.807, 2.05) is 24.3 Å². The van der Waals surface area contributed by atoms with Crippen molar-refractivity contribution in [1.29, 1.82) is 0 Å². The molecule has 3 N–H and O–H groups in total. The Labute approximate surface area is 118 Å². The summed E-state index contributed by atoms with van der Waals surface area (Å²) in [5.41, 5.74) is 6.86. The van der Waals surface area contributed by atoms with E-state index in [2.05, 4.69) is 29.7 Å². The second-order valence-corrected chi connectivity index (χ2v) is 5.42. The van der Waals surface area contributed by atoms with Crippen molar-refractivity contribution >= 4 is 11.6 Å². The molecular weight excluding hydrogens is 256 g/mol. The zero-order chi connectivity index (χ0) is 13.2. The van der Waals surface area contributed by atoms with E-state index >= 15 is 0 Å². The summed E-state index contributed by atoms with van der Waals surface area (Å²) >= 11 is 6.31. The van der Waals surface area contributed by atoms with Gasteiger partial charge in [-0.25, -0.2) is 0 Å². The molecule has 0 heterocycles. The molecule has 0 fully saturated rings. The molecule has 19 heavy (non-hydrogen) atoms. The molecule has 0 aromatic heterocycles. The van der Waals surface area contributed by atoms with Crippen molar-refractivity contribution in [2.24, 2.45) is 5.84 Å². The van der Waals surface area contributed by atoms with E-state index in [1.165, 1.54) is 11.1 Å². The Balaban J connectivity index is 1.99. The van der Waals surface area contributed by atoms with E-state index in [0.29, 0.717) is 5.92 Å². The number of hydrogen-bond donors (Lipinski definition) is 2. The predicted octanol–water partition coefficient (Wildman–Crippen LogP) is 3.57. The number of benzene rings is 2. The maximum atomic E-state index is 6.31. The van der Waals surface area contributed by atoms with E-state index < -0.39 is 0 Å². The second kappa shape index (κ2) is 5.33. The van der Waals surface area contributed by atoms with Gasteiger partial charge < -0.3 is 0 Å². The highest BCUT2D eigenvalue weighted by Gasteiger charge is 2.30. The summed E-state index contributed by atoms with van der Waals surface area (Å²) < 4.78 is 0. The van der Waals surface area contributed by atoms with Gasteiger partial charge in [-0.3, -0.25) is 11.3 Å². The standard InChI is InChI=1S/C16H17ClN2/c17-15-8-4-3-7-14(15)16(19-18)13-10-9-11-5-1-2-6-12(11)13/h1-8,13,16,19H,9-10,18H2. The third-order valence-electron chi connectivity index (χ3n) is 4.00. The average molecular weight is 273 g/mol. The molecule has 0 saturated carbocycles. The van der Waals surface area contributed by atoms with Gasteiger partial charge in [-0.05, 0) is 35.6 Å². The lowest BCUT2D eigenvalue weighted by Gasteiger charge is -2.25. The van der Waals surface area contributed by atoms with Crippen LogP contribution in [-0.4, -0.2) is 0 Å².